The van der Waals surface area contributed by atoms with E-state index in [0.29, 0.717) is 5.69 Å². The van der Waals surface area contributed by atoms with Gasteiger partial charge >= 0.3 is 0 Å². The average Bonchev–Trinajstić information content (AvgIpc) is 3.07. The lowest BCUT2D eigenvalue weighted by molar-refractivity contribution is 0.151. The van der Waals surface area contributed by atoms with Gasteiger partial charge in [0.2, 0.25) is 0 Å². The van der Waals surface area contributed by atoms with Crippen molar-refractivity contribution in [3.8, 4) is 22.6 Å². The first-order chi connectivity index (χ1) is 12.5. The Kier molecular flexibility index (Phi) is 3.88. The Morgan fingerprint density at radius 3 is 2.31 bits per heavy atom. The molecule has 0 aliphatic rings. The van der Waals surface area contributed by atoms with Crippen molar-refractivity contribution >= 4 is 10.9 Å². The van der Waals surface area contributed by atoms with Gasteiger partial charge in [-0.3, -0.25) is 0 Å². The smallest absolute Gasteiger partial charge is 0.263 e. The summed E-state index contributed by atoms with van der Waals surface area (Å²) >= 11 is 0. The highest BCUT2D eigenvalue weighted by Crippen LogP contribution is 2.28. The molecule has 0 unspecified atom stereocenters. The average molecular weight is 354 g/mol. The third-order valence-corrected chi connectivity index (χ3v) is 4.24. The fraction of sp³-hybridized carbons (Fsp3) is 0.0500. The Morgan fingerprint density at radius 1 is 0.885 bits per heavy atom. The molecular formula is C20H13F3N2O. The number of aromatic nitrogens is 2. The Bertz CT molecular complexity index is 1090. The Labute approximate surface area is 146 Å². The number of halogens is 3. The standard InChI is InChI=1S/C20H13F3N2O/c21-17-7-6-16(10-19(17)26)25-18-8-5-14(9-15(18)11-24-25)12-1-3-13(4-2-12)20(22)23/h1-11,20,26H. The van der Waals surface area contributed by atoms with E-state index in [4.69, 9.17) is 0 Å². The molecule has 0 bridgehead atoms. The molecule has 0 amide bonds. The largest absolute Gasteiger partial charge is 0.505 e. The Balaban J connectivity index is 1.74. The molecule has 0 radical (unpaired) electrons. The molecule has 0 saturated heterocycles. The highest BCUT2D eigenvalue weighted by Gasteiger charge is 2.10. The first kappa shape index (κ1) is 16.2. The predicted octanol–water partition coefficient (Wildman–Crippen LogP) is 5.47. The molecular weight excluding hydrogens is 341 g/mol. The van der Waals surface area contributed by atoms with Crippen LogP contribution < -0.4 is 0 Å². The fourth-order valence-electron chi connectivity index (χ4n) is 2.87. The summed E-state index contributed by atoms with van der Waals surface area (Å²) in [6, 6.07) is 15.8. The summed E-state index contributed by atoms with van der Waals surface area (Å²) in [7, 11) is 0. The summed E-state index contributed by atoms with van der Waals surface area (Å²) in [5.41, 5.74) is 3.00. The molecule has 4 aromatic rings. The summed E-state index contributed by atoms with van der Waals surface area (Å²) < 4.78 is 40.2. The molecule has 1 heterocycles. The zero-order valence-electron chi connectivity index (χ0n) is 13.4. The molecule has 1 N–H and O–H groups in total. The zero-order valence-corrected chi connectivity index (χ0v) is 13.4. The maximum atomic E-state index is 13.2. The molecule has 0 saturated carbocycles. The van der Waals surface area contributed by atoms with E-state index >= 15 is 0 Å². The van der Waals surface area contributed by atoms with Crippen molar-refractivity contribution in [1.29, 1.82) is 0 Å². The van der Waals surface area contributed by atoms with E-state index in [1.54, 1.807) is 23.0 Å². The van der Waals surface area contributed by atoms with Crippen LogP contribution in [0.15, 0.2) is 66.9 Å². The number of alkyl halides is 2. The lowest BCUT2D eigenvalue weighted by atomic mass is 10.0. The minimum atomic E-state index is -2.49. The van der Waals surface area contributed by atoms with E-state index in [1.807, 2.05) is 18.2 Å². The van der Waals surface area contributed by atoms with Crippen LogP contribution in [0.5, 0.6) is 5.75 Å². The maximum absolute atomic E-state index is 13.2. The minimum Gasteiger partial charge on any atom is -0.505 e. The number of hydrogen-bond acceptors (Lipinski definition) is 2. The van der Waals surface area contributed by atoms with Gasteiger partial charge in [-0.05, 0) is 35.4 Å². The van der Waals surface area contributed by atoms with Gasteiger partial charge in [0, 0.05) is 17.0 Å². The summed E-state index contributed by atoms with van der Waals surface area (Å²) in [5, 5.41) is 14.7. The lowest BCUT2D eigenvalue weighted by Gasteiger charge is -2.07. The van der Waals surface area contributed by atoms with E-state index in [0.717, 1.165) is 22.0 Å². The number of benzene rings is 3. The third kappa shape index (κ3) is 2.79. The van der Waals surface area contributed by atoms with Crippen LogP contribution in [0.2, 0.25) is 0 Å². The second kappa shape index (κ2) is 6.22. The molecule has 0 aliphatic heterocycles. The third-order valence-electron chi connectivity index (χ3n) is 4.24. The summed E-state index contributed by atoms with van der Waals surface area (Å²) in [6.45, 7) is 0. The number of rotatable bonds is 3. The number of phenolic OH excluding ortho intramolecular Hbond substituents is 1. The number of fused-ring (bicyclic) bond motifs is 1. The van der Waals surface area contributed by atoms with Gasteiger partial charge in [-0.1, -0.05) is 30.3 Å². The molecule has 3 aromatic carbocycles. The SMILES string of the molecule is Oc1cc(-n2ncc3cc(-c4ccc(C(F)F)cc4)ccc32)ccc1F. The highest BCUT2D eigenvalue weighted by atomic mass is 19.3. The van der Waals surface area contributed by atoms with Gasteiger partial charge in [0.25, 0.3) is 6.43 Å². The Hall–Kier alpha value is -3.28. The van der Waals surface area contributed by atoms with Gasteiger partial charge in [-0.2, -0.15) is 5.10 Å². The first-order valence-corrected chi connectivity index (χ1v) is 7.88. The molecule has 0 spiro atoms. The number of nitrogens with zero attached hydrogens (tertiary/aromatic N) is 2. The van der Waals surface area contributed by atoms with Gasteiger partial charge in [-0.15, -0.1) is 0 Å². The topological polar surface area (TPSA) is 38.0 Å². The van der Waals surface area contributed by atoms with Crippen LogP contribution in [0.25, 0.3) is 27.7 Å². The monoisotopic (exact) mass is 354 g/mol. The van der Waals surface area contributed by atoms with Gasteiger partial charge in [-0.25, -0.2) is 17.9 Å². The van der Waals surface area contributed by atoms with Crippen LogP contribution in [-0.2, 0) is 0 Å². The molecule has 0 atom stereocenters. The normalized spacial score (nSPS) is 11.4. The van der Waals surface area contributed by atoms with E-state index in [2.05, 4.69) is 5.10 Å². The van der Waals surface area contributed by atoms with Crippen LogP contribution in [0.4, 0.5) is 13.2 Å². The maximum Gasteiger partial charge on any atom is 0.263 e. The minimum absolute atomic E-state index is 0.0150. The number of hydrogen-bond donors (Lipinski definition) is 1. The predicted molar refractivity (Wildman–Crippen MR) is 93.1 cm³/mol. The molecule has 0 fully saturated rings. The second-order valence-electron chi connectivity index (χ2n) is 5.89. The van der Waals surface area contributed by atoms with Crippen molar-refractivity contribution in [2.75, 3.05) is 0 Å². The molecule has 26 heavy (non-hydrogen) atoms. The van der Waals surface area contributed by atoms with Gasteiger partial charge < -0.3 is 5.11 Å². The quantitative estimate of drug-likeness (QED) is 0.529. The van der Waals surface area contributed by atoms with Crippen molar-refractivity contribution < 1.29 is 18.3 Å². The Morgan fingerprint density at radius 2 is 1.62 bits per heavy atom. The van der Waals surface area contributed by atoms with Gasteiger partial charge in [0.05, 0.1) is 17.4 Å². The van der Waals surface area contributed by atoms with Crippen molar-refractivity contribution in [3.63, 3.8) is 0 Å². The van der Waals surface area contributed by atoms with Gasteiger partial charge in [0.1, 0.15) is 0 Å². The van der Waals surface area contributed by atoms with Gasteiger partial charge in [0.15, 0.2) is 11.6 Å². The molecule has 6 heteroatoms. The van der Waals surface area contributed by atoms with Crippen molar-refractivity contribution in [3.05, 3.63) is 78.2 Å². The van der Waals surface area contributed by atoms with E-state index < -0.39 is 18.0 Å². The molecule has 4 rings (SSSR count). The molecule has 130 valence electrons. The van der Waals surface area contributed by atoms with Crippen LogP contribution in [0.3, 0.4) is 0 Å². The molecule has 3 nitrogen and oxygen atoms in total. The van der Waals surface area contributed by atoms with Crippen LogP contribution >= 0.6 is 0 Å². The second-order valence-corrected chi connectivity index (χ2v) is 5.89. The number of phenols is 1. The lowest BCUT2D eigenvalue weighted by Crippen LogP contribution is -1.96. The summed E-state index contributed by atoms with van der Waals surface area (Å²) in [6.07, 6.45) is -0.830. The molecule has 0 aliphatic carbocycles. The van der Waals surface area contributed by atoms with Crippen molar-refractivity contribution in [1.82, 2.24) is 9.78 Å². The fourth-order valence-corrected chi connectivity index (χ4v) is 2.87. The molecule has 1 aromatic heterocycles. The van der Waals surface area contributed by atoms with Crippen LogP contribution in [0, 0.1) is 5.82 Å². The number of aromatic hydroxyl groups is 1. The zero-order chi connectivity index (χ0) is 18.3. The van der Waals surface area contributed by atoms with Crippen LogP contribution in [-0.4, -0.2) is 14.9 Å². The van der Waals surface area contributed by atoms with E-state index in [-0.39, 0.29) is 5.56 Å². The van der Waals surface area contributed by atoms with E-state index in [9.17, 15) is 18.3 Å². The summed E-state index contributed by atoms with van der Waals surface area (Å²) in [5.74, 6) is -1.14. The van der Waals surface area contributed by atoms with Crippen molar-refractivity contribution in [2.24, 2.45) is 0 Å². The summed E-state index contributed by atoms with van der Waals surface area (Å²) in [4.78, 5) is 0. The van der Waals surface area contributed by atoms with Crippen LogP contribution in [0.1, 0.15) is 12.0 Å². The van der Waals surface area contributed by atoms with Crippen molar-refractivity contribution in [2.45, 2.75) is 6.43 Å². The first-order valence-electron chi connectivity index (χ1n) is 7.88. The van der Waals surface area contributed by atoms with E-state index in [1.165, 1.54) is 30.3 Å². The highest BCUT2D eigenvalue weighted by molar-refractivity contribution is 5.85.